The zero-order valence-electron chi connectivity index (χ0n) is 26.4. The van der Waals surface area contributed by atoms with E-state index in [0.717, 1.165) is 44.1 Å². The molecule has 1 aromatic rings. The normalized spacial score (nSPS) is 12.1. The van der Waals surface area contributed by atoms with Gasteiger partial charge in [0.2, 0.25) is 0 Å². The third-order valence-corrected chi connectivity index (χ3v) is 6.89. The van der Waals surface area contributed by atoms with Crippen molar-refractivity contribution in [2.45, 2.75) is 118 Å². The molecule has 0 saturated heterocycles. The lowest BCUT2D eigenvalue weighted by atomic mass is 10.1. The van der Waals surface area contributed by atoms with Crippen LogP contribution in [0.2, 0.25) is 0 Å². The van der Waals surface area contributed by atoms with Crippen molar-refractivity contribution in [2.75, 3.05) is 20.3 Å². The van der Waals surface area contributed by atoms with Crippen molar-refractivity contribution < 1.29 is 19.0 Å². The number of hydrogen-bond acceptors (Lipinski definition) is 4. The Hall–Kier alpha value is -2.75. The van der Waals surface area contributed by atoms with Gasteiger partial charge in [0, 0.05) is 6.08 Å². The van der Waals surface area contributed by atoms with Crippen LogP contribution in [0.4, 0.5) is 0 Å². The zero-order chi connectivity index (χ0) is 29.4. The van der Waals surface area contributed by atoms with Crippen LogP contribution in [0.3, 0.4) is 0 Å². The first-order valence-corrected chi connectivity index (χ1v) is 15.5. The third kappa shape index (κ3) is 18.5. The molecule has 0 amide bonds. The van der Waals surface area contributed by atoms with Crippen LogP contribution in [-0.4, -0.2) is 26.3 Å². The van der Waals surface area contributed by atoms with Crippen molar-refractivity contribution in [3.8, 4) is 11.5 Å². The Morgan fingerprint density at radius 3 is 2.05 bits per heavy atom. The Labute approximate surface area is 245 Å². The molecule has 0 aliphatic rings. The minimum Gasteiger partial charge on any atom is -0.493 e. The largest absolute Gasteiger partial charge is 0.493 e. The quantitative estimate of drug-likeness (QED) is 0.0621. The Bertz CT molecular complexity index is 948. The second-order valence-electron chi connectivity index (χ2n) is 11.0. The van der Waals surface area contributed by atoms with E-state index in [0.29, 0.717) is 24.7 Å². The maximum Gasteiger partial charge on any atom is 0.330 e. The Balaban J connectivity index is 2.36. The van der Waals surface area contributed by atoms with Crippen LogP contribution >= 0.6 is 0 Å². The predicted octanol–water partition coefficient (Wildman–Crippen LogP) is 10.6. The fourth-order valence-electron chi connectivity index (χ4n) is 4.32. The lowest BCUT2D eigenvalue weighted by Crippen LogP contribution is -2.02. The molecular formula is C36H56O4. The van der Waals surface area contributed by atoms with Gasteiger partial charge in [-0.3, -0.25) is 0 Å². The van der Waals surface area contributed by atoms with Gasteiger partial charge >= 0.3 is 5.97 Å². The number of hydrogen-bond donors (Lipinski definition) is 0. The number of methoxy groups -OCH3 is 1. The average molecular weight is 553 g/mol. The molecule has 0 radical (unpaired) electrons. The highest BCUT2D eigenvalue weighted by Crippen LogP contribution is 2.28. The Kier molecular flexibility index (Phi) is 20.3. The summed E-state index contributed by atoms with van der Waals surface area (Å²) in [7, 11) is 1.63. The lowest BCUT2D eigenvalue weighted by molar-refractivity contribution is -0.137. The highest BCUT2D eigenvalue weighted by atomic mass is 16.5. The third-order valence-electron chi connectivity index (χ3n) is 6.89. The molecule has 40 heavy (non-hydrogen) atoms. The maximum absolute atomic E-state index is 12.1. The van der Waals surface area contributed by atoms with Crippen LogP contribution < -0.4 is 9.47 Å². The molecule has 0 atom stereocenters. The summed E-state index contributed by atoms with van der Waals surface area (Å²) in [6, 6.07) is 5.67. The number of allylic oxidation sites excluding steroid dienone is 5. The fourth-order valence-corrected chi connectivity index (χ4v) is 4.32. The number of ether oxygens (including phenoxy) is 3. The predicted molar refractivity (Wildman–Crippen MR) is 171 cm³/mol. The van der Waals surface area contributed by atoms with Gasteiger partial charge in [-0.1, -0.05) is 93.2 Å². The molecule has 0 heterocycles. The van der Waals surface area contributed by atoms with Crippen molar-refractivity contribution in [1.82, 2.24) is 0 Å². The molecule has 0 bridgehead atoms. The van der Waals surface area contributed by atoms with Crippen molar-refractivity contribution in [2.24, 2.45) is 0 Å². The summed E-state index contributed by atoms with van der Waals surface area (Å²) >= 11 is 0. The van der Waals surface area contributed by atoms with Gasteiger partial charge in [0.1, 0.15) is 6.61 Å². The van der Waals surface area contributed by atoms with Crippen LogP contribution in [0.1, 0.15) is 124 Å². The van der Waals surface area contributed by atoms with E-state index in [1.165, 1.54) is 67.7 Å². The van der Waals surface area contributed by atoms with Gasteiger partial charge in [-0.15, -0.1) is 0 Å². The number of carbonyl (C=O) groups excluding carboxylic acids is 1. The SMILES string of the molecule is CCCCCCCCCCCOC(=O)C=Cc1ccc(OCC=C(C)CCC=C(C)CCC=C(C)C)c(OC)c1. The van der Waals surface area contributed by atoms with E-state index in [2.05, 4.69) is 52.8 Å². The highest BCUT2D eigenvalue weighted by Gasteiger charge is 2.05. The first kappa shape index (κ1) is 35.3. The molecule has 0 N–H and O–H groups in total. The Morgan fingerprint density at radius 2 is 1.40 bits per heavy atom. The first-order chi connectivity index (χ1) is 19.3. The fraction of sp³-hybridized carbons (Fsp3) is 0.583. The molecule has 0 spiro atoms. The van der Waals surface area contributed by atoms with E-state index in [1.807, 2.05) is 18.2 Å². The van der Waals surface area contributed by atoms with Crippen LogP contribution in [0.25, 0.3) is 6.08 Å². The minimum atomic E-state index is -0.308. The molecule has 0 unspecified atom stereocenters. The molecule has 4 heteroatoms. The number of unbranched alkanes of at least 4 members (excludes halogenated alkanes) is 8. The smallest absolute Gasteiger partial charge is 0.330 e. The summed E-state index contributed by atoms with van der Waals surface area (Å²) < 4.78 is 16.8. The monoisotopic (exact) mass is 552 g/mol. The summed E-state index contributed by atoms with van der Waals surface area (Å²) in [6.07, 6.45) is 25.5. The molecule has 0 aromatic heterocycles. The average Bonchev–Trinajstić information content (AvgIpc) is 2.93. The second kappa shape index (κ2) is 23.0. The van der Waals surface area contributed by atoms with E-state index in [1.54, 1.807) is 13.2 Å². The maximum atomic E-state index is 12.1. The summed E-state index contributed by atoms with van der Waals surface area (Å²) in [5.41, 5.74) is 5.01. The second-order valence-corrected chi connectivity index (χ2v) is 11.0. The van der Waals surface area contributed by atoms with Crippen molar-refractivity contribution in [1.29, 1.82) is 0 Å². The van der Waals surface area contributed by atoms with Crippen LogP contribution in [0.15, 0.2) is 59.2 Å². The Morgan fingerprint density at radius 1 is 0.775 bits per heavy atom. The molecule has 224 valence electrons. The number of carbonyl (C=O) groups is 1. The standard InChI is InChI=1S/C36H56O4/c1-7-8-9-10-11-12-13-14-15-27-40-36(37)25-23-33-22-24-34(35(29-33)38-6)39-28-26-32(5)21-17-20-31(4)19-16-18-30(2)3/h18,20,22-26,29H,7-17,19,21,27-28H2,1-6H3. The number of esters is 1. The molecule has 0 aliphatic heterocycles. The molecule has 1 aromatic carbocycles. The summed E-state index contributed by atoms with van der Waals surface area (Å²) in [5.74, 6) is 1.02. The van der Waals surface area contributed by atoms with E-state index < -0.39 is 0 Å². The van der Waals surface area contributed by atoms with Gasteiger partial charge in [-0.05, 0) is 89.6 Å². The summed E-state index contributed by atoms with van der Waals surface area (Å²) in [4.78, 5) is 12.1. The summed E-state index contributed by atoms with van der Waals surface area (Å²) in [6.45, 7) is 11.9. The topological polar surface area (TPSA) is 44.8 Å². The van der Waals surface area contributed by atoms with Gasteiger partial charge in [-0.25, -0.2) is 4.79 Å². The molecule has 0 aliphatic carbocycles. The van der Waals surface area contributed by atoms with Gasteiger partial charge in [0.15, 0.2) is 11.5 Å². The van der Waals surface area contributed by atoms with Crippen molar-refractivity contribution in [3.05, 3.63) is 64.8 Å². The van der Waals surface area contributed by atoms with E-state index >= 15 is 0 Å². The number of benzene rings is 1. The first-order valence-electron chi connectivity index (χ1n) is 15.5. The molecule has 1 rings (SSSR count). The van der Waals surface area contributed by atoms with E-state index in [9.17, 15) is 4.79 Å². The molecular weight excluding hydrogens is 496 g/mol. The van der Waals surface area contributed by atoms with E-state index in [-0.39, 0.29) is 5.97 Å². The van der Waals surface area contributed by atoms with Gasteiger partial charge in [0.25, 0.3) is 0 Å². The van der Waals surface area contributed by atoms with Crippen molar-refractivity contribution in [3.63, 3.8) is 0 Å². The molecule has 0 saturated carbocycles. The van der Waals surface area contributed by atoms with Crippen molar-refractivity contribution >= 4 is 12.0 Å². The van der Waals surface area contributed by atoms with Gasteiger partial charge < -0.3 is 14.2 Å². The zero-order valence-corrected chi connectivity index (χ0v) is 26.4. The van der Waals surface area contributed by atoms with Gasteiger partial charge in [0.05, 0.1) is 13.7 Å². The van der Waals surface area contributed by atoms with E-state index in [4.69, 9.17) is 14.2 Å². The van der Waals surface area contributed by atoms with Gasteiger partial charge in [-0.2, -0.15) is 0 Å². The molecule has 0 fully saturated rings. The van der Waals surface area contributed by atoms with Crippen LogP contribution in [0.5, 0.6) is 11.5 Å². The molecule has 4 nitrogen and oxygen atoms in total. The van der Waals surface area contributed by atoms with Crippen LogP contribution in [0, 0.1) is 0 Å². The number of rotatable bonds is 22. The highest BCUT2D eigenvalue weighted by molar-refractivity contribution is 5.87. The lowest BCUT2D eigenvalue weighted by Gasteiger charge is -2.10. The minimum absolute atomic E-state index is 0.308. The van der Waals surface area contributed by atoms with Crippen LogP contribution in [-0.2, 0) is 9.53 Å². The summed E-state index contributed by atoms with van der Waals surface area (Å²) in [5, 5.41) is 0.